The van der Waals surface area contributed by atoms with Gasteiger partial charge in [0, 0.05) is 24.7 Å². The highest BCUT2D eigenvalue weighted by atomic mass is 35.5. The van der Waals surface area contributed by atoms with E-state index in [0.29, 0.717) is 30.8 Å². The summed E-state index contributed by atoms with van der Waals surface area (Å²) in [6.45, 7) is 3.47. The first-order chi connectivity index (χ1) is 11.1. The van der Waals surface area contributed by atoms with Crippen molar-refractivity contribution < 1.29 is 9.53 Å². The Hall–Kier alpha value is -1.01. The lowest BCUT2D eigenvalue weighted by Gasteiger charge is -2.33. The number of piperidine rings is 1. The van der Waals surface area contributed by atoms with E-state index in [1.165, 1.54) is 6.42 Å². The second-order valence-electron chi connectivity index (χ2n) is 5.98. The quantitative estimate of drug-likeness (QED) is 0.793. The molecule has 0 aliphatic carbocycles. The summed E-state index contributed by atoms with van der Waals surface area (Å²) in [7, 11) is 3.81. The van der Waals surface area contributed by atoms with Gasteiger partial charge < -0.3 is 15.0 Å². The number of halogens is 2. The topological polar surface area (TPSA) is 44.8 Å². The van der Waals surface area contributed by atoms with E-state index in [1.54, 1.807) is 17.0 Å². The number of carbonyl (C=O) groups excluding carboxylic acids is 1. The number of benzene rings is 1. The number of hydrogen-bond donors (Lipinski definition) is 1. The Bertz CT molecular complexity index is 499. The predicted octanol–water partition coefficient (Wildman–Crippen LogP) is 2.28. The lowest BCUT2D eigenvalue weighted by Crippen LogP contribution is -2.48. The molecule has 1 aliphatic heterocycles. The van der Waals surface area contributed by atoms with Crippen molar-refractivity contribution in [2.45, 2.75) is 18.9 Å². The van der Waals surface area contributed by atoms with Crippen LogP contribution in [0.4, 0.5) is 0 Å². The largest absolute Gasteiger partial charge is 0.492 e. The average molecular weight is 376 g/mol. The van der Waals surface area contributed by atoms with Gasteiger partial charge in [-0.3, -0.25) is 9.69 Å². The Morgan fingerprint density at radius 3 is 2.79 bits per heavy atom. The molecule has 1 atom stereocenters. The molecule has 1 aliphatic rings. The Morgan fingerprint density at radius 2 is 2.12 bits per heavy atom. The SMILES string of the molecule is CNC1CCCN(CC(=O)N(C)CCOc2ccc(Cl)cc2)C1.Cl. The van der Waals surface area contributed by atoms with E-state index in [2.05, 4.69) is 10.2 Å². The number of likely N-dealkylation sites (N-methyl/N-ethyl adjacent to an activating group) is 2. The van der Waals surface area contributed by atoms with E-state index in [0.717, 1.165) is 25.3 Å². The van der Waals surface area contributed by atoms with Crippen molar-refractivity contribution in [2.75, 3.05) is 46.9 Å². The maximum atomic E-state index is 12.3. The summed E-state index contributed by atoms with van der Waals surface area (Å²) in [4.78, 5) is 16.2. The molecule has 1 heterocycles. The maximum Gasteiger partial charge on any atom is 0.236 e. The van der Waals surface area contributed by atoms with Crippen molar-refractivity contribution in [1.82, 2.24) is 15.1 Å². The molecular weight excluding hydrogens is 349 g/mol. The van der Waals surface area contributed by atoms with Gasteiger partial charge >= 0.3 is 0 Å². The minimum atomic E-state index is 0. The number of amides is 1. The monoisotopic (exact) mass is 375 g/mol. The standard InChI is InChI=1S/C17H26ClN3O2.ClH/c1-19-15-4-3-9-21(12-15)13-17(22)20(2)10-11-23-16-7-5-14(18)6-8-16;/h5-8,15,19H,3-4,9-13H2,1-2H3;1H. The average Bonchev–Trinajstić information content (AvgIpc) is 2.56. The molecule has 24 heavy (non-hydrogen) atoms. The number of rotatable bonds is 7. The molecule has 0 radical (unpaired) electrons. The van der Waals surface area contributed by atoms with Crippen LogP contribution in [0, 0.1) is 0 Å². The first-order valence-corrected chi connectivity index (χ1v) is 8.48. The fraction of sp³-hybridized carbons (Fsp3) is 0.588. The molecule has 0 aromatic heterocycles. The van der Waals surface area contributed by atoms with E-state index >= 15 is 0 Å². The van der Waals surface area contributed by atoms with E-state index in [4.69, 9.17) is 16.3 Å². The van der Waals surface area contributed by atoms with Gasteiger partial charge in [-0.15, -0.1) is 12.4 Å². The minimum absolute atomic E-state index is 0. The highest BCUT2D eigenvalue weighted by Crippen LogP contribution is 2.15. The van der Waals surface area contributed by atoms with Crippen LogP contribution >= 0.6 is 24.0 Å². The molecule has 2 rings (SSSR count). The van der Waals surface area contributed by atoms with Gasteiger partial charge in [0.1, 0.15) is 12.4 Å². The van der Waals surface area contributed by atoms with Gasteiger partial charge in [-0.1, -0.05) is 11.6 Å². The van der Waals surface area contributed by atoms with Gasteiger partial charge in [0.25, 0.3) is 0 Å². The molecule has 7 heteroatoms. The van der Waals surface area contributed by atoms with Crippen molar-refractivity contribution in [2.24, 2.45) is 0 Å². The molecular formula is C17H27Cl2N3O2. The third kappa shape index (κ3) is 6.85. The van der Waals surface area contributed by atoms with Crippen molar-refractivity contribution in [3.63, 3.8) is 0 Å². The van der Waals surface area contributed by atoms with Crippen LogP contribution < -0.4 is 10.1 Å². The summed E-state index contributed by atoms with van der Waals surface area (Å²) in [6.07, 6.45) is 2.33. The van der Waals surface area contributed by atoms with E-state index < -0.39 is 0 Å². The Kier molecular flexibility index (Phi) is 9.44. The number of nitrogens with one attached hydrogen (secondary N) is 1. The van der Waals surface area contributed by atoms with Gasteiger partial charge in [-0.05, 0) is 50.7 Å². The van der Waals surface area contributed by atoms with Crippen LogP contribution in [0.1, 0.15) is 12.8 Å². The van der Waals surface area contributed by atoms with Crippen LogP contribution in [-0.2, 0) is 4.79 Å². The van der Waals surface area contributed by atoms with Gasteiger partial charge in [0.2, 0.25) is 5.91 Å². The summed E-state index contributed by atoms with van der Waals surface area (Å²) in [5.74, 6) is 0.907. The van der Waals surface area contributed by atoms with Crippen molar-refractivity contribution >= 4 is 29.9 Å². The Balaban J connectivity index is 0.00000288. The molecule has 1 aromatic carbocycles. The summed E-state index contributed by atoms with van der Waals surface area (Å²) in [6, 6.07) is 7.74. The highest BCUT2D eigenvalue weighted by molar-refractivity contribution is 6.30. The van der Waals surface area contributed by atoms with E-state index in [1.807, 2.05) is 26.2 Å². The molecule has 1 aromatic rings. The second kappa shape index (κ2) is 10.8. The molecule has 0 saturated carbocycles. The lowest BCUT2D eigenvalue weighted by atomic mass is 10.1. The van der Waals surface area contributed by atoms with Crippen molar-refractivity contribution in [3.8, 4) is 5.75 Å². The minimum Gasteiger partial charge on any atom is -0.492 e. The molecule has 1 saturated heterocycles. The van der Waals surface area contributed by atoms with Gasteiger partial charge in [0.05, 0.1) is 13.1 Å². The van der Waals surface area contributed by atoms with Crippen LogP contribution in [0.2, 0.25) is 5.02 Å². The van der Waals surface area contributed by atoms with Gasteiger partial charge in [0.15, 0.2) is 0 Å². The van der Waals surface area contributed by atoms with Crippen molar-refractivity contribution in [3.05, 3.63) is 29.3 Å². The number of likely N-dealkylation sites (tertiary alicyclic amines) is 1. The van der Waals surface area contributed by atoms with Crippen molar-refractivity contribution in [1.29, 1.82) is 0 Å². The number of carbonyl (C=O) groups is 1. The third-order valence-electron chi connectivity index (χ3n) is 4.21. The third-order valence-corrected chi connectivity index (χ3v) is 4.46. The first kappa shape index (κ1) is 21.0. The predicted molar refractivity (Wildman–Crippen MR) is 100 cm³/mol. The van der Waals surface area contributed by atoms with Crippen LogP contribution in [0.25, 0.3) is 0 Å². The molecule has 1 unspecified atom stereocenters. The fourth-order valence-corrected chi connectivity index (χ4v) is 2.83. The number of hydrogen-bond acceptors (Lipinski definition) is 4. The molecule has 1 fully saturated rings. The summed E-state index contributed by atoms with van der Waals surface area (Å²) >= 11 is 5.83. The normalized spacial score (nSPS) is 17.9. The van der Waals surface area contributed by atoms with E-state index in [-0.39, 0.29) is 18.3 Å². The van der Waals surface area contributed by atoms with Crippen LogP contribution in [-0.4, -0.2) is 68.6 Å². The lowest BCUT2D eigenvalue weighted by molar-refractivity contribution is -0.131. The number of ether oxygens (including phenoxy) is 1. The second-order valence-corrected chi connectivity index (χ2v) is 6.42. The molecule has 0 bridgehead atoms. The molecule has 1 amide bonds. The Morgan fingerprint density at radius 1 is 1.42 bits per heavy atom. The summed E-state index contributed by atoms with van der Waals surface area (Å²) < 4.78 is 5.63. The summed E-state index contributed by atoms with van der Waals surface area (Å²) in [5.41, 5.74) is 0. The summed E-state index contributed by atoms with van der Waals surface area (Å²) in [5, 5.41) is 3.98. The molecule has 1 N–H and O–H groups in total. The van der Waals surface area contributed by atoms with E-state index in [9.17, 15) is 4.79 Å². The Labute approximate surface area is 155 Å². The molecule has 5 nitrogen and oxygen atoms in total. The zero-order chi connectivity index (χ0) is 16.7. The highest BCUT2D eigenvalue weighted by Gasteiger charge is 2.21. The van der Waals surface area contributed by atoms with Crippen LogP contribution in [0.5, 0.6) is 5.75 Å². The van der Waals surface area contributed by atoms with Gasteiger partial charge in [-0.25, -0.2) is 0 Å². The number of nitrogens with zero attached hydrogens (tertiary/aromatic N) is 2. The van der Waals surface area contributed by atoms with Crippen LogP contribution in [0.3, 0.4) is 0 Å². The molecule has 136 valence electrons. The maximum absolute atomic E-state index is 12.3. The first-order valence-electron chi connectivity index (χ1n) is 8.10. The van der Waals surface area contributed by atoms with Gasteiger partial charge in [-0.2, -0.15) is 0 Å². The zero-order valence-corrected chi connectivity index (χ0v) is 15.9. The molecule has 0 spiro atoms. The smallest absolute Gasteiger partial charge is 0.236 e. The zero-order valence-electron chi connectivity index (χ0n) is 14.3. The van der Waals surface area contributed by atoms with Crippen LogP contribution in [0.15, 0.2) is 24.3 Å². The fourth-order valence-electron chi connectivity index (χ4n) is 2.70.